The molecule has 0 unspecified atom stereocenters. The SMILES string of the molecule is C=C(C)c1cc(F)c2c(=O)n(-c3cccc(-c4cc(Nc5ccc(N6CC7(CN(C)C7)C6)cn5)c(=O)n(C)n4)c3CO)ncc2c1. The number of rotatable bonds is 7. The molecule has 0 atom stereocenters. The number of anilines is 3. The van der Waals surface area contributed by atoms with Crippen molar-refractivity contribution in [2.24, 2.45) is 12.5 Å². The molecule has 0 bridgehead atoms. The number of hydrogen-bond acceptors (Lipinski definition) is 9. The van der Waals surface area contributed by atoms with E-state index >= 15 is 4.39 Å². The van der Waals surface area contributed by atoms with E-state index in [2.05, 4.69) is 43.9 Å². The first kappa shape index (κ1) is 29.5. The van der Waals surface area contributed by atoms with Crippen LogP contribution in [0.3, 0.4) is 0 Å². The number of aliphatic hydroxyl groups excluding tert-OH is 1. The highest BCUT2D eigenvalue weighted by atomic mass is 19.1. The van der Waals surface area contributed by atoms with Gasteiger partial charge in [-0.3, -0.25) is 9.59 Å². The van der Waals surface area contributed by atoms with Crippen LogP contribution < -0.4 is 21.3 Å². The number of halogens is 1. The molecule has 2 N–H and O–H groups in total. The normalized spacial score (nSPS) is 15.5. The van der Waals surface area contributed by atoms with Crippen LogP contribution in [-0.2, 0) is 13.7 Å². The highest BCUT2D eigenvalue weighted by Gasteiger charge is 2.50. The Bertz CT molecular complexity index is 2140. The number of nitrogens with one attached hydrogen (secondary N) is 1. The van der Waals surface area contributed by atoms with Crippen molar-refractivity contribution >= 4 is 33.5 Å². The van der Waals surface area contributed by atoms with Gasteiger partial charge in [-0.05, 0) is 55.9 Å². The van der Waals surface area contributed by atoms with Crippen molar-refractivity contribution in [2.45, 2.75) is 13.5 Å². The zero-order valence-corrected chi connectivity index (χ0v) is 25.8. The molecule has 3 aromatic heterocycles. The van der Waals surface area contributed by atoms with E-state index in [-0.39, 0.29) is 22.3 Å². The average molecular weight is 621 g/mol. The molecule has 2 fully saturated rings. The minimum Gasteiger partial charge on any atom is -0.392 e. The summed E-state index contributed by atoms with van der Waals surface area (Å²) in [6.45, 7) is 9.40. The molecule has 1 spiro atoms. The zero-order chi connectivity index (χ0) is 32.3. The smallest absolute Gasteiger partial charge is 0.290 e. The van der Waals surface area contributed by atoms with Crippen LogP contribution in [0.15, 0.2) is 77.1 Å². The Morgan fingerprint density at radius 2 is 1.83 bits per heavy atom. The van der Waals surface area contributed by atoms with Crippen molar-refractivity contribution in [3.8, 4) is 16.9 Å². The summed E-state index contributed by atoms with van der Waals surface area (Å²) < 4.78 is 17.4. The van der Waals surface area contributed by atoms with Crippen LogP contribution >= 0.6 is 0 Å². The topological polar surface area (TPSA) is 121 Å². The van der Waals surface area contributed by atoms with E-state index in [1.165, 1.54) is 24.0 Å². The van der Waals surface area contributed by atoms with E-state index in [0.717, 1.165) is 36.5 Å². The molecule has 0 aliphatic carbocycles. The summed E-state index contributed by atoms with van der Waals surface area (Å²) in [5.74, 6) is -0.188. The number of benzene rings is 2. The maximum Gasteiger partial charge on any atom is 0.290 e. The predicted octanol–water partition coefficient (Wildman–Crippen LogP) is 3.70. The predicted molar refractivity (Wildman–Crippen MR) is 176 cm³/mol. The molecule has 0 amide bonds. The van der Waals surface area contributed by atoms with Gasteiger partial charge in [0.25, 0.3) is 11.1 Å². The molecule has 0 radical (unpaired) electrons. The third-order valence-corrected chi connectivity index (χ3v) is 8.85. The maximum absolute atomic E-state index is 15.1. The Labute approximate surface area is 263 Å². The standard InChI is InChI=1S/C34H33FN8O3/c1-20(2)21-10-22-13-37-43(33(46)31(22)26(35)11-21)29-7-5-6-24(25(29)15-44)27-12-28(32(45)41(4)39-27)38-30-9-8-23(14-36-30)42-18-34(19-42)16-40(3)17-34/h5-14,44H,1,15-19H2,2-4H3,(H,36,38). The van der Waals surface area contributed by atoms with Gasteiger partial charge in [-0.1, -0.05) is 24.3 Å². The molecule has 11 nitrogen and oxygen atoms in total. The van der Waals surface area contributed by atoms with E-state index in [4.69, 9.17) is 0 Å². The van der Waals surface area contributed by atoms with E-state index in [0.29, 0.717) is 44.6 Å². The quantitative estimate of drug-likeness (QED) is 0.281. The third kappa shape index (κ3) is 4.95. The van der Waals surface area contributed by atoms with Gasteiger partial charge in [0, 0.05) is 55.2 Å². The fraction of sp³-hybridized carbons (Fsp3) is 0.265. The number of pyridine rings is 1. The van der Waals surface area contributed by atoms with Crippen molar-refractivity contribution in [1.82, 2.24) is 29.4 Å². The molecule has 12 heteroatoms. The molecule has 5 aromatic rings. The first-order chi connectivity index (χ1) is 22.1. The van der Waals surface area contributed by atoms with E-state index in [1.807, 2.05) is 12.1 Å². The molecule has 7 rings (SSSR count). The third-order valence-electron chi connectivity index (χ3n) is 8.85. The van der Waals surface area contributed by atoms with Gasteiger partial charge >= 0.3 is 0 Å². The van der Waals surface area contributed by atoms with Gasteiger partial charge in [0.1, 0.15) is 17.3 Å². The van der Waals surface area contributed by atoms with Gasteiger partial charge in [-0.25, -0.2) is 14.1 Å². The second-order valence-electron chi connectivity index (χ2n) is 12.5. The zero-order valence-electron chi connectivity index (χ0n) is 25.8. The fourth-order valence-corrected chi connectivity index (χ4v) is 6.69. The average Bonchev–Trinajstić information content (AvgIpc) is 3.00. The number of aryl methyl sites for hydroxylation is 1. The maximum atomic E-state index is 15.1. The van der Waals surface area contributed by atoms with Gasteiger partial charge < -0.3 is 20.2 Å². The number of allylic oxidation sites excluding steroid dienone is 1. The number of hydrogen-bond donors (Lipinski definition) is 2. The molecule has 234 valence electrons. The summed E-state index contributed by atoms with van der Waals surface area (Å²) in [6, 6.07) is 13.4. The van der Waals surface area contributed by atoms with Crippen molar-refractivity contribution in [1.29, 1.82) is 0 Å². The summed E-state index contributed by atoms with van der Waals surface area (Å²) in [5, 5.41) is 22.6. The first-order valence-electron chi connectivity index (χ1n) is 14.9. The van der Waals surface area contributed by atoms with E-state index < -0.39 is 18.0 Å². The molecule has 5 heterocycles. The molecular weight excluding hydrogens is 587 g/mol. The molecule has 2 aromatic carbocycles. The van der Waals surface area contributed by atoms with Crippen molar-refractivity contribution in [2.75, 3.05) is 43.4 Å². The fourth-order valence-electron chi connectivity index (χ4n) is 6.69. The van der Waals surface area contributed by atoms with Crippen molar-refractivity contribution in [3.63, 3.8) is 0 Å². The van der Waals surface area contributed by atoms with Gasteiger partial charge in [0.2, 0.25) is 0 Å². The van der Waals surface area contributed by atoms with Crippen LogP contribution in [0.5, 0.6) is 0 Å². The van der Waals surface area contributed by atoms with Crippen molar-refractivity contribution < 1.29 is 9.50 Å². The van der Waals surface area contributed by atoms with Gasteiger partial charge in [0.05, 0.1) is 41.5 Å². The van der Waals surface area contributed by atoms with Crippen LogP contribution in [0.1, 0.15) is 18.1 Å². The molecule has 2 aliphatic rings. The number of fused-ring (bicyclic) bond motifs is 1. The highest BCUT2D eigenvalue weighted by molar-refractivity contribution is 5.85. The summed E-state index contributed by atoms with van der Waals surface area (Å²) >= 11 is 0. The minimum atomic E-state index is -0.685. The molecule has 2 aliphatic heterocycles. The number of aliphatic hydroxyl groups is 1. The monoisotopic (exact) mass is 620 g/mol. The molecule has 2 saturated heterocycles. The Morgan fingerprint density at radius 3 is 2.50 bits per heavy atom. The number of nitrogens with zero attached hydrogens (tertiary/aromatic N) is 7. The Balaban J connectivity index is 1.21. The summed E-state index contributed by atoms with van der Waals surface area (Å²) in [6.07, 6.45) is 3.21. The van der Waals surface area contributed by atoms with E-state index in [1.54, 1.807) is 43.5 Å². The number of likely N-dealkylation sites (tertiary alicyclic amines) is 1. The Kier molecular flexibility index (Phi) is 7.06. The molecule has 0 saturated carbocycles. The van der Waals surface area contributed by atoms with Gasteiger partial charge in [-0.2, -0.15) is 14.9 Å². The first-order valence-corrected chi connectivity index (χ1v) is 14.9. The van der Waals surface area contributed by atoms with Crippen LogP contribution in [0, 0.1) is 11.2 Å². The summed E-state index contributed by atoms with van der Waals surface area (Å²) in [4.78, 5) is 35.8. The lowest BCUT2D eigenvalue weighted by molar-refractivity contribution is -0.00241. The van der Waals surface area contributed by atoms with Crippen LogP contribution in [0.2, 0.25) is 0 Å². The molecule has 46 heavy (non-hydrogen) atoms. The lowest BCUT2D eigenvalue weighted by Gasteiger charge is -2.60. The van der Waals surface area contributed by atoms with Crippen LogP contribution in [-0.4, -0.2) is 67.8 Å². The molecular formula is C34H33FN8O3. The van der Waals surface area contributed by atoms with Gasteiger partial charge in [0.15, 0.2) is 0 Å². The van der Waals surface area contributed by atoms with E-state index in [9.17, 15) is 14.7 Å². The van der Waals surface area contributed by atoms with Crippen LogP contribution in [0.4, 0.5) is 21.6 Å². The summed E-state index contributed by atoms with van der Waals surface area (Å²) in [5.41, 5.74) is 3.31. The van der Waals surface area contributed by atoms with Crippen LogP contribution in [0.25, 0.3) is 33.3 Å². The minimum absolute atomic E-state index is 0.121. The second kappa shape index (κ2) is 11.0. The Morgan fingerprint density at radius 1 is 1.04 bits per heavy atom. The lowest BCUT2D eigenvalue weighted by Crippen LogP contribution is -2.71. The number of aromatic nitrogens is 5. The van der Waals surface area contributed by atoms with Gasteiger partial charge in [-0.15, -0.1) is 0 Å². The summed E-state index contributed by atoms with van der Waals surface area (Å²) in [7, 11) is 3.67. The highest BCUT2D eigenvalue weighted by Crippen LogP contribution is 2.41. The largest absolute Gasteiger partial charge is 0.392 e. The lowest BCUT2D eigenvalue weighted by atomic mass is 9.73. The Hall–Kier alpha value is -5.20. The van der Waals surface area contributed by atoms with Crippen molar-refractivity contribution in [3.05, 3.63) is 105 Å². The second-order valence-corrected chi connectivity index (χ2v) is 12.5.